The van der Waals surface area contributed by atoms with E-state index in [0.29, 0.717) is 11.4 Å². The second-order valence-electron chi connectivity index (χ2n) is 7.68. The topological polar surface area (TPSA) is 125 Å². The molecule has 0 atom stereocenters. The van der Waals surface area contributed by atoms with Gasteiger partial charge in [-0.25, -0.2) is 17.1 Å². The number of sulfonamides is 1. The van der Waals surface area contributed by atoms with Gasteiger partial charge >= 0.3 is 10.2 Å². The van der Waals surface area contributed by atoms with Crippen molar-refractivity contribution in [3.63, 3.8) is 0 Å². The summed E-state index contributed by atoms with van der Waals surface area (Å²) in [5, 5.41) is 2.54. The van der Waals surface area contributed by atoms with Gasteiger partial charge in [0.2, 0.25) is 5.91 Å². The van der Waals surface area contributed by atoms with E-state index in [-0.39, 0.29) is 16.3 Å². The molecular weight excluding hydrogens is 511 g/mol. The maximum atomic E-state index is 13.3. The van der Waals surface area contributed by atoms with Crippen LogP contribution in [0.2, 0.25) is 0 Å². The Kier molecular flexibility index (Phi) is 8.17. The molecule has 3 aromatic carbocycles. The van der Waals surface area contributed by atoms with Gasteiger partial charge in [-0.05, 0) is 72.8 Å². The van der Waals surface area contributed by atoms with Gasteiger partial charge in [0, 0.05) is 25.5 Å². The van der Waals surface area contributed by atoms with Crippen LogP contribution in [0.5, 0.6) is 5.75 Å². The van der Waals surface area contributed by atoms with Crippen LogP contribution in [0.25, 0.3) is 0 Å². The molecule has 0 heterocycles. The molecule has 192 valence electrons. The Morgan fingerprint density at radius 2 is 1.42 bits per heavy atom. The lowest BCUT2D eigenvalue weighted by Gasteiger charge is -2.26. The summed E-state index contributed by atoms with van der Waals surface area (Å²) in [5.41, 5.74) is 0.701. The average Bonchev–Trinajstić information content (AvgIpc) is 2.83. The molecule has 0 aliphatic heterocycles. The Hall–Kier alpha value is -3.68. The molecule has 0 radical (unpaired) electrons. The van der Waals surface area contributed by atoms with Crippen LogP contribution in [-0.4, -0.2) is 54.8 Å². The molecule has 36 heavy (non-hydrogen) atoms. The van der Waals surface area contributed by atoms with Gasteiger partial charge in [-0.15, -0.1) is 0 Å². The van der Waals surface area contributed by atoms with E-state index in [1.807, 2.05) is 0 Å². The fourth-order valence-electron chi connectivity index (χ4n) is 3.03. The minimum atomic E-state index is -4.06. The molecular formula is C23H25FN4O6S2. The molecule has 1 amide bonds. The van der Waals surface area contributed by atoms with Crippen LogP contribution < -0.4 is 19.1 Å². The van der Waals surface area contributed by atoms with Crippen molar-refractivity contribution < 1.29 is 30.8 Å². The van der Waals surface area contributed by atoms with Crippen molar-refractivity contribution in [2.24, 2.45) is 0 Å². The highest BCUT2D eigenvalue weighted by Crippen LogP contribution is 2.22. The third-order valence-corrected chi connectivity index (χ3v) is 8.15. The van der Waals surface area contributed by atoms with Gasteiger partial charge in [-0.1, -0.05) is 0 Å². The standard InChI is InChI=1S/C23H25FN4O6S2/c1-27(2)36(32,33)28(20-10-4-17(24)5-11-20)16-23(29)25-18-8-14-22(15-9-18)35(30,31)26-19-6-12-21(34-3)13-7-19/h4-15,26H,16H2,1-3H3,(H,25,29). The zero-order valence-electron chi connectivity index (χ0n) is 19.7. The monoisotopic (exact) mass is 536 g/mol. The van der Waals surface area contributed by atoms with Gasteiger partial charge < -0.3 is 10.1 Å². The van der Waals surface area contributed by atoms with Crippen molar-refractivity contribution in [3.05, 3.63) is 78.6 Å². The van der Waals surface area contributed by atoms with E-state index >= 15 is 0 Å². The lowest BCUT2D eigenvalue weighted by atomic mass is 10.3. The summed E-state index contributed by atoms with van der Waals surface area (Å²) in [6.45, 7) is -0.592. The van der Waals surface area contributed by atoms with Gasteiger partial charge in [0.1, 0.15) is 18.1 Å². The largest absolute Gasteiger partial charge is 0.497 e. The maximum Gasteiger partial charge on any atom is 0.304 e. The normalized spacial score (nSPS) is 11.7. The molecule has 0 unspecified atom stereocenters. The van der Waals surface area contributed by atoms with E-state index in [1.165, 1.54) is 57.6 Å². The van der Waals surface area contributed by atoms with E-state index in [2.05, 4.69) is 10.0 Å². The number of anilines is 3. The average molecular weight is 537 g/mol. The van der Waals surface area contributed by atoms with E-state index in [1.54, 1.807) is 24.3 Å². The molecule has 3 aromatic rings. The number of carbonyl (C=O) groups excluding carboxylic acids is 1. The van der Waals surface area contributed by atoms with Gasteiger partial charge in [0.25, 0.3) is 10.0 Å². The number of hydrogen-bond donors (Lipinski definition) is 2. The number of amides is 1. The third-order valence-electron chi connectivity index (χ3n) is 4.93. The summed E-state index contributed by atoms with van der Waals surface area (Å²) in [5.74, 6) is -0.659. The van der Waals surface area contributed by atoms with Crippen LogP contribution in [-0.2, 0) is 25.0 Å². The summed E-state index contributed by atoms with van der Waals surface area (Å²) in [7, 11) is -3.84. The van der Waals surface area contributed by atoms with Crippen LogP contribution >= 0.6 is 0 Å². The predicted molar refractivity (Wildman–Crippen MR) is 135 cm³/mol. The first-order valence-electron chi connectivity index (χ1n) is 10.4. The Balaban J connectivity index is 1.72. The SMILES string of the molecule is COc1ccc(NS(=O)(=O)c2ccc(NC(=O)CN(c3ccc(F)cc3)S(=O)(=O)N(C)C)cc2)cc1. The number of nitrogens with one attached hydrogen (secondary N) is 2. The second kappa shape index (κ2) is 10.9. The highest BCUT2D eigenvalue weighted by Gasteiger charge is 2.27. The third kappa shape index (κ3) is 6.50. The lowest BCUT2D eigenvalue weighted by Crippen LogP contribution is -2.44. The first kappa shape index (κ1) is 26.9. The molecule has 0 spiro atoms. The van der Waals surface area contributed by atoms with Crippen molar-refractivity contribution in [1.82, 2.24) is 4.31 Å². The van der Waals surface area contributed by atoms with Crippen molar-refractivity contribution >= 4 is 43.2 Å². The first-order valence-corrected chi connectivity index (χ1v) is 13.3. The van der Waals surface area contributed by atoms with E-state index < -0.39 is 38.5 Å². The summed E-state index contributed by atoms with van der Waals surface area (Å²) in [6.07, 6.45) is 0. The Bertz CT molecular complexity index is 1410. The van der Waals surface area contributed by atoms with Crippen LogP contribution in [0, 0.1) is 5.82 Å². The second-order valence-corrected chi connectivity index (χ2v) is 11.4. The molecule has 2 N–H and O–H groups in total. The number of methoxy groups -OCH3 is 1. The van der Waals surface area contributed by atoms with E-state index in [9.17, 15) is 26.0 Å². The summed E-state index contributed by atoms with van der Waals surface area (Å²) < 4.78 is 73.4. The Morgan fingerprint density at radius 3 is 1.94 bits per heavy atom. The molecule has 0 aromatic heterocycles. The first-order chi connectivity index (χ1) is 16.9. The highest BCUT2D eigenvalue weighted by molar-refractivity contribution is 7.92. The Morgan fingerprint density at radius 1 is 0.861 bits per heavy atom. The quantitative estimate of drug-likeness (QED) is 0.411. The lowest BCUT2D eigenvalue weighted by molar-refractivity contribution is -0.114. The molecule has 3 rings (SSSR count). The van der Waals surface area contributed by atoms with Gasteiger partial charge in [0.15, 0.2) is 0 Å². The smallest absolute Gasteiger partial charge is 0.304 e. The molecule has 0 fully saturated rings. The number of rotatable bonds is 10. The number of halogens is 1. The summed E-state index contributed by atoms with van der Waals surface area (Å²) in [4.78, 5) is 12.6. The van der Waals surface area contributed by atoms with Gasteiger partial charge in [-0.2, -0.15) is 12.7 Å². The van der Waals surface area contributed by atoms with Crippen LogP contribution in [0.1, 0.15) is 0 Å². The Labute approximate surface area is 209 Å². The van der Waals surface area contributed by atoms with E-state index in [4.69, 9.17) is 4.74 Å². The maximum absolute atomic E-state index is 13.3. The molecule has 0 aliphatic carbocycles. The highest BCUT2D eigenvalue weighted by atomic mass is 32.2. The minimum Gasteiger partial charge on any atom is -0.497 e. The predicted octanol–water partition coefficient (Wildman–Crippen LogP) is 2.89. The molecule has 10 nitrogen and oxygen atoms in total. The van der Waals surface area contributed by atoms with Crippen LogP contribution in [0.15, 0.2) is 77.7 Å². The van der Waals surface area contributed by atoms with Gasteiger partial charge in [0.05, 0.1) is 17.7 Å². The zero-order chi connectivity index (χ0) is 26.5. The van der Waals surface area contributed by atoms with Crippen LogP contribution in [0.3, 0.4) is 0 Å². The number of hydrogen-bond acceptors (Lipinski definition) is 6. The summed E-state index contributed by atoms with van der Waals surface area (Å²) >= 11 is 0. The van der Waals surface area contributed by atoms with Crippen molar-refractivity contribution in [1.29, 1.82) is 0 Å². The molecule has 0 aliphatic rings. The molecule has 0 bridgehead atoms. The van der Waals surface area contributed by atoms with Crippen molar-refractivity contribution in [2.45, 2.75) is 4.90 Å². The number of carbonyl (C=O) groups is 1. The number of nitrogens with zero attached hydrogens (tertiary/aromatic N) is 2. The molecule has 0 saturated heterocycles. The van der Waals surface area contributed by atoms with Crippen molar-refractivity contribution in [2.75, 3.05) is 42.1 Å². The number of ether oxygens (including phenoxy) is 1. The fraction of sp³-hybridized carbons (Fsp3) is 0.174. The minimum absolute atomic E-state index is 0.0422. The van der Waals surface area contributed by atoms with Gasteiger partial charge in [-0.3, -0.25) is 9.52 Å². The molecule has 0 saturated carbocycles. The summed E-state index contributed by atoms with van der Waals surface area (Å²) in [6, 6.07) is 16.4. The number of benzene rings is 3. The van der Waals surface area contributed by atoms with E-state index in [0.717, 1.165) is 20.7 Å². The fourth-order valence-corrected chi connectivity index (χ4v) is 5.15. The molecule has 13 heteroatoms. The zero-order valence-corrected chi connectivity index (χ0v) is 21.3. The van der Waals surface area contributed by atoms with Crippen LogP contribution in [0.4, 0.5) is 21.5 Å². The van der Waals surface area contributed by atoms with Crippen molar-refractivity contribution in [3.8, 4) is 5.75 Å².